The molecule has 0 N–H and O–H groups in total. The minimum Gasteiger partial charge on any atom is -0.420 e. The highest BCUT2D eigenvalue weighted by molar-refractivity contribution is 7.41. The number of halogens is 4. The molecular formula is C14H20F4O2P2. The van der Waals surface area contributed by atoms with Crippen molar-refractivity contribution in [3.8, 4) is 11.5 Å². The second-order valence-corrected chi connectivity index (χ2v) is 8.10. The zero-order chi connectivity index (χ0) is 17.3. The molecule has 0 amide bonds. The van der Waals surface area contributed by atoms with Gasteiger partial charge in [-0.1, -0.05) is 41.5 Å². The number of hydrogen-bond acceptors (Lipinski definition) is 2. The van der Waals surface area contributed by atoms with Gasteiger partial charge < -0.3 is 9.05 Å². The van der Waals surface area contributed by atoms with Gasteiger partial charge in [-0.3, -0.25) is 0 Å². The molecule has 22 heavy (non-hydrogen) atoms. The van der Waals surface area contributed by atoms with Gasteiger partial charge >= 0.3 is 17.5 Å². The number of benzene rings is 1. The third-order valence-corrected chi connectivity index (χ3v) is 3.70. The summed E-state index contributed by atoms with van der Waals surface area (Å²) < 4.78 is 60.2. The van der Waals surface area contributed by atoms with Crippen LogP contribution in [0.15, 0.2) is 12.1 Å². The van der Waals surface area contributed by atoms with Gasteiger partial charge in [0.2, 0.25) is 0 Å². The Balaban J connectivity index is 3.56. The predicted molar refractivity (Wildman–Crippen MR) is 83.4 cm³/mol. The van der Waals surface area contributed by atoms with E-state index in [9.17, 15) is 16.8 Å². The van der Waals surface area contributed by atoms with Crippen molar-refractivity contribution < 1.29 is 25.8 Å². The third-order valence-electron chi connectivity index (χ3n) is 3.03. The summed E-state index contributed by atoms with van der Waals surface area (Å²) in [5.41, 5.74) is -0.278. The van der Waals surface area contributed by atoms with Crippen molar-refractivity contribution in [2.24, 2.45) is 0 Å². The molecule has 0 aliphatic rings. The molecular weight excluding hydrogens is 338 g/mol. The predicted octanol–water partition coefficient (Wildman–Crippen LogP) is 7.37. The fourth-order valence-corrected chi connectivity index (χ4v) is 2.63. The van der Waals surface area contributed by atoms with E-state index in [4.69, 9.17) is 0 Å². The summed E-state index contributed by atoms with van der Waals surface area (Å²) in [5.74, 6) is 0.0332. The lowest BCUT2D eigenvalue weighted by atomic mass is 9.81. The van der Waals surface area contributed by atoms with Crippen LogP contribution in [0.1, 0.15) is 52.7 Å². The van der Waals surface area contributed by atoms with E-state index in [-0.39, 0.29) is 11.5 Å². The van der Waals surface area contributed by atoms with Gasteiger partial charge in [-0.05, 0) is 23.0 Å². The zero-order valence-electron chi connectivity index (χ0n) is 13.4. The fraction of sp³-hybridized carbons (Fsp3) is 0.571. The van der Waals surface area contributed by atoms with Gasteiger partial charge in [0.1, 0.15) is 11.5 Å². The Bertz CT molecular complexity index is 475. The molecule has 0 radical (unpaired) electrons. The smallest absolute Gasteiger partial charge is 0.420 e. The molecule has 0 heterocycles. The molecule has 126 valence electrons. The first-order chi connectivity index (χ1) is 9.82. The van der Waals surface area contributed by atoms with Crippen LogP contribution in [0.4, 0.5) is 16.8 Å². The molecule has 0 fully saturated rings. The first kappa shape index (κ1) is 19.4. The lowest BCUT2D eigenvalue weighted by Crippen LogP contribution is -2.17. The lowest BCUT2D eigenvalue weighted by molar-refractivity contribution is 0.457. The molecule has 1 aromatic carbocycles. The van der Waals surface area contributed by atoms with Crippen molar-refractivity contribution in [3.63, 3.8) is 0 Å². The molecule has 0 aliphatic carbocycles. The highest BCUT2D eigenvalue weighted by atomic mass is 31.2. The van der Waals surface area contributed by atoms with Crippen molar-refractivity contribution in [1.29, 1.82) is 0 Å². The maximum Gasteiger partial charge on any atom is 0.481 e. The van der Waals surface area contributed by atoms with E-state index < -0.39 is 28.4 Å². The van der Waals surface area contributed by atoms with Gasteiger partial charge in [0, 0.05) is 11.1 Å². The molecule has 1 aromatic rings. The fourth-order valence-electron chi connectivity index (χ4n) is 2.03. The maximum atomic E-state index is 12.7. The largest absolute Gasteiger partial charge is 0.481 e. The summed E-state index contributed by atoms with van der Waals surface area (Å²) >= 11 is 0. The summed E-state index contributed by atoms with van der Waals surface area (Å²) in [6.45, 7) is 10.8. The van der Waals surface area contributed by atoms with Crippen LogP contribution in [-0.4, -0.2) is 0 Å². The Morgan fingerprint density at radius 3 is 1.14 bits per heavy atom. The van der Waals surface area contributed by atoms with Crippen molar-refractivity contribution >= 4 is 17.5 Å². The maximum absolute atomic E-state index is 12.7. The number of hydrogen-bond donors (Lipinski definition) is 0. The van der Waals surface area contributed by atoms with Crippen LogP contribution in [-0.2, 0) is 10.8 Å². The first-order valence-corrected chi connectivity index (χ1v) is 8.69. The lowest BCUT2D eigenvalue weighted by Gasteiger charge is -2.28. The summed E-state index contributed by atoms with van der Waals surface area (Å²) in [6, 6.07) is 2.78. The molecule has 0 aromatic heterocycles. The van der Waals surface area contributed by atoms with Crippen LogP contribution >= 0.6 is 17.5 Å². The molecule has 1 rings (SSSR count). The Labute approximate surface area is 131 Å². The quantitative estimate of drug-likeness (QED) is 0.413. The van der Waals surface area contributed by atoms with E-state index in [2.05, 4.69) is 9.05 Å². The van der Waals surface area contributed by atoms with Crippen molar-refractivity contribution in [1.82, 2.24) is 0 Å². The average Bonchev–Trinajstić information content (AvgIpc) is 2.26. The van der Waals surface area contributed by atoms with Crippen molar-refractivity contribution in [3.05, 3.63) is 23.3 Å². The van der Waals surface area contributed by atoms with Gasteiger partial charge in [0.15, 0.2) is 0 Å². The van der Waals surface area contributed by atoms with Crippen molar-refractivity contribution in [2.45, 2.75) is 52.4 Å². The minimum atomic E-state index is -3.60. The molecule has 0 aliphatic heterocycles. The zero-order valence-corrected chi connectivity index (χ0v) is 15.2. The van der Waals surface area contributed by atoms with Gasteiger partial charge in [-0.25, -0.2) is 0 Å². The van der Waals surface area contributed by atoms with Gasteiger partial charge in [-0.15, -0.1) is 16.8 Å². The van der Waals surface area contributed by atoms with Crippen LogP contribution in [0.2, 0.25) is 0 Å². The van der Waals surface area contributed by atoms with Crippen LogP contribution in [0.3, 0.4) is 0 Å². The van der Waals surface area contributed by atoms with Crippen molar-refractivity contribution in [2.75, 3.05) is 0 Å². The van der Waals surface area contributed by atoms with Gasteiger partial charge in [-0.2, -0.15) is 0 Å². The molecule has 2 nitrogen and oxygen atoms in total. The van der Waals surface area contributed by atoms with Crippen LogP contribution in [0.5, 0.6) is 11.5 Å². The normalized spacial score (nSPS) is 12.9. The van der Waals surface area contributed by atoms with E-state index in [0.29, 0.717) is 11.1 Å². The summed E-state index contributed by atoms with van der Waals surface area (Å²) in [6.07, 6.45) is 0. The monoisotopic (exact) mass is 358 g/mol. The van der Waals surface area contributed by atoms with Crippen LogP contribution in [0.25, 0.3) is 0 Å². The van der Waals surface area contributed by atoms with Gasteiger partial charge in [0.05, 0.1) is 0 Å². The highest BCUT2D eigenvalue weighted by Crippen LogP contribution is 2.50. The highest BCUT2D eigenvalue weighted by Gasteiger charge is 2.29. The molecule has 0 saturated heterocycles. The van der Waals surface area contributed by atoms with Crippen LogP contribution in [0, 0.1) is 0 Å². The number of rotatable bonds is 4. The van der Waals surface area contributed by atoms with E-state index in [1.165, 1.54) is 12.1 Å². The Kier molecular flexibility index (Phi) is 6.08. The molecule has 0 unspecified atom stereocenters. The molecule has 0 bridgehead atoms. The Hall–Kier alpha value is -0.600. The summed E-state index contributed by atoms with van der Waals surface area (Å²) in [5, 5.41) is 0. The summed E-state index contributed by atoms with van der Waals surface area (Å²) in [4.78, 5) is 0. The van der Waals surface area contributed by atoms with Gasteiger partial charge in [0.25, 0.3) is 0 Å². The second kappa shape index (κ2) is 6.88. The first-order valence-electron chi connectivity index (χ1n) is 6.60. The topological polar surface area (TPSA) is 18.5 Å². The van der Waals surface area contributed by atoms with E-state index in [1.54, 1.807) is 41.5 Å². The Morgan fingerprint density at radius 2 is 0.955 bits per heavy atom. The molecule has 0 spiro atoms. The van der Waals surface area contributed by atoms with E-state index in [0.717, 1.165) is 0 Å². The standard InChI is InChI=1S/C14H20F4O2P2/c1-13(2,3)9-7-12(20-22(17)18)10(14(4,5)6)8-11(9)19-21(15)16/h7-8H,1-6H3. The average molecular weight is 358 g/mol. The minimum absolute atomic E-state index is 0.0166. The SMILES string of the molecule is CC(C)(C)c1cc(OP(F)F)c(C(C)(C)C)cc1OP(F)F. The van der Waals surface area contributed by atoms with Crippen LogP contribution < -0.4 is 9.05 Å². The second-order valence-electron chi connectivity index (χ2n) is 6.93. The molecule has 0 atom stereocenters. The molecule has 0 saturated carbocycles. The molecule has 8 heteroatoms. The summed E-state index contributed by atoms with van der Waals surface area (Å²) in [7, 11) is -7.20. The third kappa shape index (κ3) is 5.24. The van der Waals surface area contributed by atoms with E-state index in [1.807, 2.05) is 0 Å². The Morgan fingerprint density at radius 1 is 0.682 bits per heavy atom. The van der Waals surface area contributed by atoms with E-state index >= 15 is 0 Å².